The maximum absolute atomic E-state index is 13.0. The number of methoxy groups -OCH3 is 1. The number of nitrogens with two attached hydrogens (primary N) is 1. The summed E-state index contributed by atoms with van der Waals surface area (Å²) in [5.41, 5.74) is 7.64. The lowest BCUT2D eigenvalue weighted by molar-refractivity contribution is 0.0932. The molecule has 3 rings (SSSR count). The fraction of sp³-hybridized carbons (Fsp3) is 0.381. The van der Waals surface area contributed by atoms with Gasteiger partial charge in [0, 0.05) is 19.2 Å². The number of nitrogens with one attached hydrogen (secondary N) is 1. The smallest absolute Gasteiger partial charge is 0.255 e. The van der Waals surface area contributed by atoms with E-state index in [1.165, 1.54) is 25.3 Å². The minimum atomic E-state index is -0.215. The molecular weight excluding hydrogens is 416 g/mol. The fourth-order valence-electron chi connectivity index (χ4n) is 3.44. The van der Waals surface area contributed by atoms with E-state index in [4.69, 9.17) is 22.1 Å². The number of hydrogen-bond acceptors (Lipinski definition) is 4. The van der Waals surface area contributed by atoms with Crippen LogP contribution in [0.4, 0.5) is 10.1 Å². The highest BCUT2D eigenvalue weighted by Gasteiger charge is 2.21. The number of hydrogen-bond donors (Lipinski definition) is 2. The highest BCUT2D eigenvalue weighted by molar-refractivity contribution is 6.33. The molecule has 29 heavy (non-hydrogen) atoms. The summed E-state index contributed by atoms with van der Waals surface area (Å²) in [7, 11) is 1.50. The number of rotatable bonds is 6. The minimum absolute atomic E-state index is 0. The maximum atomic E-state index is 13.0. The van der Waals surface area contributed by atoms with Crippen LogP contribution in [0.1, 0.15) is 28.8 Å². The number of likely N-dealkylation sites (tertiary alicyclic amines) is 1. The second-order valence-electron chi connectivity index (χ2n) is 7.13. The molecule has 8 heteroatoms. The van der Waals surface area contributed by atoms with Crippen molar-refractivity contribution in [3.8, 4) is 5.75 Å². The number of benzene rings is 2. The predicted molar refractivity (Wildman–Crippen MR) is 116 cm³/mol. The first-order valence-electron chi connectivity index (χ1n) is 9.34. The Morgan fingerprint density at radius 1 is 1.28 bits per heavy atom. The van der Waals surface area contributed by atoms with E-state index in [9.17, 15) is 9.18 Å². The Morgan fingerprint density at radius 3 is 2.55 bits per heavy atom. The van der Waals surface area contributed by atoms with E-state index >= 15 is 0 Å². The zero-order valence-corrected chi connectivity index (χ0v) is 17.9. The van der Waals surface area contributed by atoms with E-state index in [1.807, 2.05) is 12.1 Å². The van der Waals surface area contributed by atoms with Crippen molar-refractivity contribution in [2.24, 2.45) is 5.92 Å². The first-order valence-corrected chi connectivity index (χ1v) is 9.72. The van der Waals surface area contributed by atoms with Gasteiger partial charge in [-0.15, -0.1) is 12.4 Å². The van der Waals surface area contributed by atoms with Crippen molar-refractivity contribution in [2.45, 2.75) is 19.4 Å². The molecule has 5 nitrogen and oxygen atoms in total. The molecule has 0 saturated carbocycles. The van der Waals surface area contributed by atoms with E-state index in [0.29, 0.717) is 34.5 Å². The first kappa shape index (κ1) is 23.3. The molecule has 0 bridgehead atoms. The molecule has 1 heterocycles. The van der Waals surface area contributed by atoms with Crippen LogP contribution in [0.2, 0.25) is 5.02 Å². The Morgan fingerprint density at radius 2 is 1.93 bits per heavy atom. The van der Waals surface area contributed by atoms with Crippen LogP contribution in [-0.2, 0) is 6.54 Å². The van der Waals surface area contributed by atoms with Gasteiger partial charge in [-0.2, -0.15) is 0 Å². The van der Waals surface area contributed by atoms with E-state index in [2.05, 4.69) is 10.2 Å². The highest BCUT2D eigenvalue weighted by atomic mass is 35.5. The molecule has 0 atom stereocenters. The molecule has 1 fully saturated rings. The molecule has 158 valence electrons. The summed E-state index contributed by atoms with van der Waals surface area (Å²) in [4.78, 5) is 14.9. The van der Waals surface area contributed by atoms with Crippen molar-refractivity contribution in [1.82, 2.24) is 10.2 Å². The van der Waals surface area contributed by atoms with Crippen molar-refractivity contribution in [1.29, 1.82) is 0 Å². The molecule has 0 aliphatic carbocycles. The normalized spacial score (nSPS) is 14.9. The number of nitrogen functional groups attached to an aromatic ring is 1. The van der Waals surface area contributed by atoms with Crippen LogP contribution in [0.3, 0.4) is 0 Å². The maximum Gasteiger partial charge on any atom is 0.255 e. The number of piperidine rings is 1. The molecule has 0 spiro atoms. The minimum Gasteiger partial charge on any atom is -0.496 e. The van der Waals surface area contributed by atoms with Crippen molar-refractivity contribution in [3.63, 3.8) is 0 Å². The molecule has 2 aromatic carbocycles. The Kier molecular flexibility index (Phi) is 8.56. The molecule has 2 aromatic rings. The monoisotopic (exact) mass is 441 g/mol. The molecule has 0 unspecified atom stereocenters. The second-order valence-corrected chi connectivity index (χ2v) is 7.54. The van der Waals surface area contributed by atoms with Gasteiger partial charge in [-0.1, -0.05) is 23.7 Å². The summed E-state index contributed by atoms with van der Waals surface area (Å²) in [5.74, 6) is 0.405. The Hall–Kier alpha value is -2.02. The number of carbonyl (C=O) groups is 1. The fourth-order valence-corrected chi connectivity index (χ4v) is 3.61. The van der Waals surface area contributed by atoms with Crippen LogP contribution < -0.4 is 15.8 Å². The third kappa shape index (κ3) is 6.23. The Balaban J connectivity index is 0.00000300. The van der Waals surface area contributed by atoms with Crippen LogP contribution in [0.15, 0.2) is 36.4 Å². The van der Waals surface area contributed by atoms with Crippen LogP contribution in [-0.4, -0.2) is 37.6 Å². The number of anilines is 1. The summed E-state index contributed by atoms with van der Waals surface area (Å²) in [6.07, 6.45) is 2.00. The molecule has 3 N–H and O–H groups in total. The quantitative estimate of drug-likeness (QED) is 0.661. The molecule has 1 aliphatic heterocycles. The standard InChI is InChI=1S/C21H25ClFN3O2.ClH/c1-28-20-11-19(24)18(22)10-17(20)21(27)25-12-14-6-8-26(9-7-14)13-15-2-4-16(23)5-3-15;/h2-5,10-11,14H,6-9,12-13,24H2,1H3,(H,25,27);1H. The van der Waals surface area contributed by atoms with Gasteiger partial charge in [0.25, 0.3) is 5.91 Å². The molecule has 1 amide bonds. The lowest BCUT2D eigenvalue weighted by Gasteiger charge is -2.32. The van der Waals surface area contributed by atoms with Gasteiger partial charge in [-0.25, -0.2) is 4.39 Å². The van der Waals surface area contributed by atoms with Crippen LogP contribution in [0, 0.1) is 11.7 Å². The number of nitrogens with zero attached hydrogens (tertiary/aromatic N) is 1. The summed E-state index contributed by atoms with van der Waals surface area (Å²) in [6, 6.07) is 9.74. The molecule has 0 aromatic heterocycles. The lowest BCUT2D eigenvalue weighted by Crippen LogP contribution is -2.38. The summed E-state index contributed by atoms with van der Waals surface area (Å²) >= 11 is 6.04. The van der Waals surface area contributed by atoms with Crippen molar-refractivity contribution in [3.05, 3.63) is 58.4 Å². The lowest BCUT2D eigenvalue weighted by atomic mass is 9.96. The zero-order chi connectivity index (χ0) is 20.1. The van der Waals surface area contributed by atoms with E-state index in [-0.39, 0.29) is 24.1 Å². The number of amides is 1. The second kappa shape index (κ2) is 10.7. The third-order valence-corrected chi connectivity index (χ3v) is 5.47. The van der Waals surface area contributed by atoms with Crippen molar-refractivity contribution >= 4 is 35.6 Å². The third-order valence-electron chi connectivity index (χ3n) is 5.14. The topological polar surface area (TPSA) is 67.6 Å². The predicted octanol–water partition coefficient (Wildman–Crippen LogP) is 4.13. The largest absolute Gasteiger partial charge is 0.496 e. The Labute approximate surface area is 181 Å². The van der Waals surface area contributed by atoms with Crippen LogP contribution in [0.25, 0.3) is 0 Å². The summed E-state index contributed by atoms with van der Waals surface area (Å²) < 4.78 is 18.3. The van der Waals surface area contributed by atoms with E-state index in [0.717, 1.165) is 38.0 Å². The van der Waals surface area contributed by atoms with E-state index in [1.54, 1.807) is 6.07 Å². The van der Waals surface area contributed by atoms with Gasteiger partial charge in [0.05, 0.1) is 23.4 Å². The molecule has 0 radical (unpaired) electrons. The van der Waals surface area contributed by atoms with Gasteiger partial charge >= 0.3 is 0 Å². The van der Waals surface area contributed by atoms with Gasteiger partial charge in [-0.05, 0) is 55.6 Å². The number of ether oxygens (including phenoxy) is 1. The number of carbonyl (C=O) groups excluding carboxylic acids is 1. The van der Waals surface area contributed by atoms with Crippen molar-refractivity contribution < 1.29 is 13.9 Å². The Bertz CT molecular complexity index is 825. The van der Waals surface area contributed by atoms with Crippen LogP contribution >= 0.6 is 24.0 Å². The van der Waals surface area contributed by atoms with Gasteiger partial charge in [0.2, 0.25) is 0 Å². The molecule has 1 aliphatic rings. The summed E-state index contributed by atoms with van der Waals surface area (Å²) in [5, 5.41) is 3.32. The zero-order valence-electron chi connectivity index (χ0n) is 16.3. The number of halogens is 3. The van der Waals surface area contributed by atoms with Crippen LogP contribution in [0.5, 0.6) is 5.75 Å². The van der Waals surface area contributed by atoms with Gasteiger partial charge in [-0.3, -0.25) is 9.69 Å². The van der Waals surface area contributed by atoms with E-state index < -0.39 is 0 Å². The van der Waals surface area contributed by atoms with Gasteiger partial charge in [0.15, 0.2) is 0 Å². The molecule has 1 saturated heterocycles. The average Bonchev–Trinajstić information content (AvgIpc) is 2.70. The molecular formula is C21H26Cl2FN3O2. The van der Waals surface area contributed by atoms with Gasteiger partial charge < -0.3 is 15.8 Å². The highest BCUT2D eigenvalue weighted by Crippen LogP contribution is 2.29. The average molecular weight is 442 g/mol. The van der Waals surface area contributed by atoms with Gasteiger partial charge in [0.1, 0.15) is 11.6 Å². The first-order chi connectivity index (χ1) is 13.5. The SMILES string of the molecule is COc1cc(N)c(Cl)cc1C(=O)NCC1CCN(Cc2ccc(F)cc2)CC1.Cl. The summed E-state index contributed by atoms with van der Waals surface area (Å²) in [6.45, 7) is 3.33. The van der Waals surface area contributed by atoms with Crippen molar-refractivity contribution in [2.75, 3.05) is 32.5 Å².